The van der Waals surface area contributed by atoms with Gasteiger partial charge in [-0.2, -0.15) is 21.4 Å². The third-order valence-corrected chi connectivity index (χ3v) is 11.8. The molecule has 246 valence electrons. The molecule has 47 heavy (non-hydrogen) atoms. The Morgan fingerprint density at radius 2 is 1.70 bits per heavy atom. The minimum atomic E-state index is -4.14. The molecule has 1 aliphatic rings. The van der Waals surface area contributed by atoms with Gasteiger partial charge < -0.3 is 9.64 Å². The van der Waals surface area contributed by atoms with Crippen LogP contribution in [-0.2, 0) is 26.8 Å². The van der Waals surface area contributed by atoms with E-state index in [2.05, 4.69) is 18.2 Å². The molecule has 14 heteroatoms. The highest BCUT2D eigenvalue weighted by molar-refractivity contribution is 7.86. The molecule has 2 aromatic heterocycles. The van der Waals surface area contributed by atoms with Gasteiger partial charge in [-0.05, 0) is 71.8 Å². The van der Waals surface area contributed by atoms with E-state index in [-0.39, 0.29) is 24.3 Å². The highest BCUT2D eigenvalue weighted by atomic mass is 35.5. The number of thiophene rings is 1. The summed E-state index contributed by atoms with van der Waals surface area (Å²) in [6.07, 6.45) is 4.97. The predicted octanol–water partition coefficient (Wildman–Crippen LogP) is 7.81. The van der Waals surface area contributed by atoms with Crippen molar-refractivity contribution in [2.24, 2.45) is 0 Å². The fraction of sp³-hybridized carbons (Fsp3) is 0.242. The van der Waals surface area contributed by atoms with Crippen molar-refractivity contribution in [2.45, 2.75) is 32.7 Å². The molecule has 1 aliphatic heterocycles. The van der Waals surface area contributed by atoms with E-state index in [0.29, 0.717) is 36.2 Å². The first-order chi connectivity index (χ1) is 22.4. The van der Waals surface area contributed by atoms with Gasteiger partial charge in [0, 0.05) is 45.8 Å². The van der Waals surface area contributed by atoms with E-state index < -0.39 is 20.2 Å². The van der Waals surface area contributed by atoms with Crippen LogP contribution >= 0.6 is 34.3 Å². The van der Waals surface area contributed by atoms with E-state index in [1.807, 2.05) is 71.0 Å². The largest absolute Gasteiger partial charge is 0.439 e. The molecule has 0 bridgehead atoms. The summed E-state index contributed by atoms with van der Waals surface area (Å²) in [7, 11) is -8.25. The number of nitrogens with zero attached hydrogens (tertiary/aromatic N) is 2. The van der Waals surface area contributed by atoms with E-state index in [9.17, 15) is 25.9 Å². The van der Waals surface area contributed by atoms with Crippen LogP contribution in [0.4, 0.5) is 5.69 Å². The Bertz CT molecular complexity index is 2220. The lowest BCUT2D eigenvalue weighted by molar-refractivity contribution is -0.668. The van der Waals surface area contributed by atoms with Gasteiger partial charge in [-0.15, -0.1) is 11.3 Å². The first-order valence-corrected chi connectivity index (χ1v) is 20.1. The molecule has 6 rings (SSSR count). The Morgan fingerprint density at radius 1 is 0.936 bits per heavy atom. The summed E-state index contributed by atoms with van der Waals surface area (Å²) in [4.78, 5) is 3.04. The van der Waals surface area contributed by atoms with Crippen LogP contribution in [-0.4, -0.2) is 44.0 Å². The number of hydrogen-bond donors (Lipinski definition) is 2. The monoisotopic (exact) mass is 731 g/mol. The topological polar surface area (TPSA) is 125 Å². The highest BCUT2D eigenvalue weighted by Crippen LogP contribution is 2.44. The molecule has 3 aromatic carbocycles. The SMILES string of the molecule is CCC(/C=C1\Oc2ccc(-c3cc4ccccc4s3)cc2N1CCCS(=O)(=O)O)=C\c1sc2ccc(Cl)cc2[n+]1CCCS(=O)(=O)O. The zero-order chi connectivity index (χ0) is 33.3. The van der Waals surface area contributed by atoms with Crippen molar-refractivity contribution in [2.75, 3.05) is 23.0 Å². The molecule has 3 heterocycles. The smallest absolute Gasteiger partial charge is 0.265 e. The first kappa shape index (κ1) is 33.6. The Morgan fingerprint density at radius 3 is 2.45 bits per heavy atom. The molecule has 0 saturated carbocycles. The lowest BCUT2D eigenvalue weighted by Crippen LogP contribution is -2.36. The van der Waals surface area contributed by atoms with Crippen LogP contribution in [0, 0.1) is 0 Å². The van der Waals surface area contributed by atoms with E-state index in [4.69, 9.17) is 16.3 Å². The number of benzene rings is 3. The molecule has 5 aromatic rings. The van der Waals surface area contributed by atoms with Crippen molar-refractivity contribution in [3.63, 3.8) is 0 Å². The standard InChI is InChI=1S/C33H31ClN2O7S4/c1-2-22(18-33-36(14-6-16-47(40,41)42)27-21-25(34)10-12-30(27)45-33)17-32-35(13-5-15-46(37,38)39)26-19-24(9-11-28(26)43-32)31-20-23-7-3-4-8-29(23)44-31/h3-4,7-12,17-21H,2,5-6,13-16H2,1H3,(H-,37,38,39,40,41,42)/p+1. The minimum absolute atomic E-state index is 0.183. The van der Waals surface area contributed by atoms with E-state index in [0.717, 1.165) is 42.3 Å². The average Bonchev–Trinajstić information content (AvgIpc) is 3.69. The lowest BCUT2D eigenvalue weighted by atomic mass is 10.1. The molecule has 0 aliphatic carbocycles. The Balaban J connectivity index is 1.37. The molecule has 0 spiro atoms. The number of aryl methyl sites for hydroxylation is 1. The van der Waals surface area contributed by atoms with E-state index in [1.165, 1.54) is 16.0 Å². The van der Waals surface area contributed by atoms with Gasteiger partial charge in [-0.1, -0.05) is 48.1 Å². The highest BCUT2D eigenvalue weighted by Gasteiger charge is 2.28. The maximum Gasteiger partial charge on any atom is 0.265 e. The normalized spacial score (nSPS) is 14.8. The van der Waals surface area contributed by atoms with Crippen molar-refractivity contribution < 1.29 is 35.2 Å². The molecule has 0 saturated heterocycles. The number of fused-ring (bicyclic) bond motifs is 3. The van der Waals surface area contributed by atoms with E-state index in [1.54, 1.807) is 17.4 Å². The second kappa shape index (κ2) is 13.7. The summed E-state index contributed by atoms with van der Waals surface area (Å²) in [5.74, 6) is 0.422. The van der Waals surface area contributed by atoms with E-state index >= 15 is 0 Å². The van der Waals surface area contributed by atoms with Crippen LogP contribution in [0.2, 0.25) is 5.02 Å². The van der Waals surface area contributed by atoms with Crippen molar-refractivity contribution in [1.29, 1.82) is 0 Å². The number of allylic oxidation sites excluding steroid dienone is 2. The third-order valence-electron chi connectivity index (χ3n) is 7.73. The predicted molar refractivity (Wildman–Crippen MR) is 191 cm³/mol. The maximum atomic E-state index is 11.6. The van der Waals surface area contributed by atoms with Crippen LogP contribution in [0.1, 0.15) is 31.2 Å². The fourth-order valence-electron chi connectivity index (χ4n) is 5.50. The van der Waals surface area contributed by atoms with Gasteiger partial charge in [0.05, 0.1) is 17.2 Å². The van der Waals surface area contributed by atoms with Gasteiger partial charge in [0.2, 0.25) is 11.4 Å². The maximum absolute atomic E-state index is 11.6. The van der Waals surface area contributed by atoms with Crippen LogP contribution in [0.5, 0.6) is 5.75 Å². The summed E-state index contributed by atoms with van der Waals surface area (Å²) >= 11 is 9.54. The molecule has 0 amide bonds. The molecule has 0 atom stereocenters. The number of halogens is 1. The quantitative estimate of drug-likeness (QED) is 0.0984. The van der Waals surface area contributed by atoms with Crippen LogP contribution in [0.3, 0.4) is 0 Å². The number of rotatable bonds is 12. The molecule has 9 nitrogen and oxygen atoms in total. The summed E-state index contributed by atoms with van der Waals surface area (Å²) in [5, 5.41) is 2.58. The van der Waals surface area contributed by atoms with Crippen molar-refractivity contribution in [3.8, 4) is 16.2 Å². The summed E-state index contributed by atoms with van der Waals surface area (Å²) in [6, 6.07) is 21.9. The van der Waals surface area contributed by atoms with Crippen molar-refractivity contribution in [3.05, 3.63) is 94.3 Å². The molecular formula is C33H32ClN2O7S4+. The second-order valence-electron chi connectivity index (χ2n) is 11.1. The van der Waals surface area contributed by atoms with Crippen LogP contribution < -0.4 is 14.2 Å². The Kier molecular flexibility index (Phi) is 9.77. The van der Waals surface area contributed by atoms with Gasteiger partial charge in [-0.3, -0.25) is 9.11 Å². The molecule has 0 unspecified atom stereocenters. The molecule has 0 radical (unpaired) electrons. The number of aromatic nitrogens is 1. The van der Waals surface area contributed by atoms with Crippen molar-refractivity contribution in [1.82, 2.24) is 0 Å². The number of ether oxygens (including phenoxy) is 1. The van der Waals surface area contributed by atoms with Gasteiger partial charge >= 0.3 is 0 Å². The van der Waals surface area contributed by atoms with Gasteiger partial charge in [-0.25, -0.2) is 0 Å². The molecule has 0 fully saturated rings. The summed E-state index contributed by atoms with van der Waals surface area (Å²) < 4.78 is 75.2. The van der Waals surface area contributed by atoms with Gasteiger partial charge in [0.15, 0.2) is 12.3 Å². The molecular weight excluding hydrogens is 700 g/mol. The Hall–Kier alpha value is -3.30. The summed E-state index contributed by atoms with van der Waals surface area (Å²) in [5.41, 5.74) is 3.58. The van der Waals surface area contributed by atoms with Gasteiger partial charge in [0.25, 0.3) is 25.2 Å². The summed E-state index contributed by atoms with van der Waals surface area (Å²) in [6.45, 7) is 2.66. The number of anilines is 1. The first-order valence-electron chi connectivity index (χ1n) is 14.9. The van der Waals surface area contributed by atoms with Crippen molar-refractivity contribution >= 4 is 86.6 Å². The van der Waals surface area contributed by atoms with Crippen LogP contribution in [0.25, 0.3) is 36.8 Å². The zero-order valence-corrected chi connectivity index (χ0v) is 29.3. The number of hydrogen-bond acceptors (Lipinski definition) is 8. The lowest BCUT2D eigenvalue weighted by Gasteiger charge is -2.19. The minimum Gasteiger partial charge on any atom is -0.439 e. The zero-order valence-electron chi connectivity index (χ0n) is 25.3. The van der Waals surface area contributed by atoms with Crippen LogP contribution in [0.15, 0.2) is 84.3 Å². The second-order valence-corrected chi connectivity index (χ2v) is 16.8. The van der Waals surface area contributed by atoms with Gasteiger partial charge in [0.1, 0.15) is 4.70 Å². The Labute approximate surface area is 286 Å². The molecule has 2 N–H and O–H groups in total. The fourth-order valence-corrected chi connectivity index (χ4v) is 8.86. The average molecular weight is 732 g/mol. The third kappa shape index (κ3) is 8.06. The number of thiazole rings is 1.